The van der Waals surface area contributed by atoms with E-state index in [-0.39, 0.29) is 6.03 Å². The number of nitrogens with zero attached hydrogens (tertiary/aromatic N) is 1. The van der Waals surface area contributed by atoms with Crippen LogP contribution in [-0.2, 0) is 12.0 Å². The van der Waals surface area contributed by atoms with Gasteiger partial charge in [0, 0.05) is 7.05 Å². The molecule has 16 heavy (non-hydrogen) atoms. The Kier molecular flexibility index (Phi) is 1.67. The van der Waals surface area contributed by atoms with E-state index in [2.05, 4.69) is 11.4 Å². The van der Waals surface area contributed by atoms with Gasteiger partial charge in [-0.2, -0.15) is 0 Å². The van der Waals surface area contributed by atoms with Crippen molar-refractivity contribution in [2.45, 2.75) is 18.4 Å². The molecule has 1 heterocycles. The van der Waals surface area contributed by atoms with Crippen LogP contribution in [-0.4, -0.2) is 23.8 Å². The number of hydrogen-bond acceptors (Lipinski definition) is 2. The minimum absolute atomic E-state index is 0.179. The zero-order chi connectivity index (χ0) is 11.3. The highest BCUT2D eigenvalue weighted by molar-refractivity contribution is 6.09. The highest BCUT2D eigenvalue weighted by atomic mass is 16.2. The van der Waals surface area contributed by atoms with Gasteiger partial charge >= 0.3 is 6.03 Å². The minimum Gasteiger partial charge on any atom is -0.311 e. The molecule has 1 spiro atoms. The van der Waals surface area contributed by atoms with Gasteiger partial charge in [-0.3, -0.25) is 10.7 Å². The summed E-state index contributed by atoms with van der Waals surface area (Å²) >= 11 is 0. The molecule has 3 rings (SSSR count). The summed E-state index contributed by atoms with van der Waals surface area (Å²) in [5.74, 6) is 0.310. The largest absolute Gasteiger partial charge is 0.323 e. The fraction of sp³-hybridized carbons (Fsp3) is 0.333. The molecule has 82 valence electrons. The first kappa shape index (κ1) is 9.39. The molecular formula is C12H13N3O. The molecule has 1 unspecified atom stereocenters. The van der Waals surface area contributed by atoms with Crippen LogP contribution in [0, 0.1) is 5.41 Å². The first-order valence-corrected chi connectivity index (χ1v) is 5.38. The van der Waals surface area contributed by atoms with Gasteiger partial charge in [0.05, 0.1) is 0 Å². The number of fused-ring (bicyclic) bond motifs is 2. The van der Waals surface area contributed by atoms with Gasteiger partial charge in [0.15, 0.2) is 0 Å². The number of nitrogens with one attached hydrogen (secondary N) is 2. The molecule has 1 aliphatic carbocycles. The first-order valence-electron chi connectivity index (χ1n) is 5.38. The van der Waals surface area contributed by atoms with E-state index < -0.39 is 5.54 Å². The lowest BCUT2D eigenvalue weighted by atomic mass is 9.90. The summed E-state index contributed by atoms with van der Waals surface area (Å²) in [5, 5.41) is 10.6. The van der Waals surface area contributed by atoms with Crippen molar-refractivity contribution in [2.75, 3.05) is 7.05 Å². The summed E-state index contributed by atoms with van der Waals surface area (Å²) in [6.07, 6.45) is 1.73. The fourth-order valence-electron chi connectivity index (χ4n) is 2.84. The van der Waals surface area contributed by atoms with Gasteiger partial charge in [0.25, 0.3) is 0 Å². The van der Waals surface area contributed by atoms with Crippen LogP contribution in [0.25, 0.3) is 0 Å². The van der Waals surface area contributed by atoms with E-state index in [9.17, 15) is 4.79 Å². The van der Waals surface area contributed by atoms with E-state index in [1.165, 1.54) is 5.56 Å². The monoisotopic (exact) mass is 215 g/mol. The van der Waals surface area contributed by atoms with Gasteiger partial charge < -0.3 is 4.90 Å². The molecule has 0 saturated carbocycles. The lowest BCUT2D eigenvalue weighted by molar-refractivity contribution is 0.192. The van der Waals surface area contributed by atoms with E-state index in [0.29, 0.717) is 5.84 Å². The van der Waals surface area contributed by atoms with Gasteiger partial charge in [0.2, 0.25) is 0 Å². The molecule has 1 aliphatic heterocycles. The van der Waals surface area contributed by atoms with Gasteiger partial charge in [-0.25, -0.2) is 4.79 Å². The molecule has 2 N–H and O–H groups in total. The Morgan fingerprint density at radius 3 is 2.88 bits per heavy atom. The molecule has 0 aromatic heterocycles. The van der Waals surface area contributed by atoms with Crippen molar-refractivity contribution in [3.63, 3.8) is 0 Å². The highest BCUT2D eigenvalue weighted by Gasteiger charge is 2.52. The number of amides is 2. The molecule has 1 atom stereocenters. The topological polar surface area (TPSA) is 56.2 Å². The third kappa shape index (κ3) is 0.894. The van der Waals surface area contributed by atoms with E-state index >= 15 is 0 Å². The number of carbonyl (C=O) groups excluding carboxylic acids is 1. The average molecular weight is 215 g/mol. The Morgan fingerprint density at radius 2 is 2.19 bits per heavy atom. The summed E-state index contributed by atoms with van der Waals surface area (Å²) in [6.45, 7) is 0. The Labute approximate surface area is 93.8 Å². The van der Waals surface area contributed by atoms with Crippen molar-refractivity contribution in [2.24, 2.45) is 0 Å². The molecule has 2 aliphatic rings. The third-order valence-electron chi connectivity index (χ3n) is 3.74. The van der Waals surface area contributed by atoms with Crippen LogP contribution < -0.4 is 5.32 Å². The lowest BCUT2D eigenvalue weighted by Gasteiger charge is -2.30. The number of carbonyl (C=O) groups is 1. The number of amidine groups is 1. The molecule has 0 radical (unpaired) electrons. The van der Waals surface area contributed by atoms with Crippen LogP contribution >= 0.6 is 0 Å². The summed E-state index contributed by atoms with van der Waals surface area (Å²) in [7, 11) is 1.76. The van der Waals surface area contributed by atoms with E-state index in [1.54, 1.807) is 11.9 Å². The second-order valence-corrected chi connectivity index (χ2v) is 4.38. The molecule has 1 fully saturated rings. The maximum absolute atomic E-state index is 11.6. The smallest absolute Gasteiger partial charge is 0.311 e. The number of hydrogen-bond donors (Lipinski definition) is 2. The lowest BCUT2D eigenvalue weighted by Crippen LogP contribution is -2.42. The second kappa shape index (κ2) is 2.84. The van der Waals surface area contributed by atoms with Crippen molar-refractivity contribution in [1.29, 1.82) is 5.41 Å². The Bertz CT molecular complexity index is 497. The zero-order valence-corrected chi connectivity index (χ0v) is 9.08. The van der Waals surface area contributed by atoms with Gasteiger partial charge in [-0.1, -0.05) is 24.3 Å². The molecular weight excluding hydrogens is 202 g/mol. The van der Waals surface area contributed by atoms with Gasteiger partial charge in [0.1, 0.15) is 11.4 Å². The average Bonchev–Trinajstić information content (AvgIpc) is 2.77. The summed E-state index contributed by atoms with van der Waals surface area (Å²) in [6, 6.07) is 7.89. The van der Waals surface area contributed by atoms with Crippen molar-refractivity contribution < 1.29 is 4.79 Å². The van der Waals surface area contributed by atoms with Crippen LogP contribution in [0.15, 0.2) is 24.3 Å². The highest BCUT2D eigenvalue weighted by Crippen LogP contribution is 2.43. The normalized spacial score (nSPS) is 27.4. The predicted molar refractivity (Wildman–Crippen MR) is 60.5 cm³/mol. The Balaban J connectivity index is 2.21. The van der Waals surface area contributed by atoms with Crippen molar-refractivity contribution in [3.05, 3.63) is 35.4 Å². The van der Waals surface area contributed by atoms with Crippen LogP contribution in [0.4, 0.5) is 4.79 Å². The number of urea groups is 1. The number of likely N-dealkylation sites (N-methyl/N-ethyl adjacent to an activating group) is 1. The minimum atomic E-state index is -0.534. The van der Waals surface area contributed by atoms with Crippen molar-refractivity contribution >= 4 is 11.9 Å². The summed E-state index contributed by atoms with van der Waals surface area (Å²) < 4.78 is 0. The molecule has 4 heteroatoms. The van der Waals surface area contributed by atoms with E-state index in [4.69, 9.17) is 5.41 Å². The summed E-state index contributed by atoms with van der Waals surface area (Å²) in [5.41, 5.74) is 1.81. The maximum Gasteiger partial charge on any atom is 0.323 e. The standard InChI is InChI=1S/C12H13N3O/c1-15-11(16)14-10(13)12(15)7-6-8-4-2-3-5-9(8)12/h2-5H,6-7H2,1H3,(H2,13,14,16). The molecule has 2 amide bonds. The molecule has 1 saturated heterocycles. The molecule has 1 aromatic rings. The Hall–Kier alpha value is -1.84. The zero-order valence-electron chi connectivity index (χ0n) is 9.08. The molecule has 1 aromatic carbocycles. The summed E-state index contributed by atoms with van der Waals surface area (Å²) in [4.78, 5) is 13.3. The molecule has 4 nitrogen and oxygen atoms in total. The van der Waals surface area contributed by atoms with Crippen LogP contribution in [0.5, 0.6) is 0 Å². The van der Waals surface area contributed by atoms with Crippen LogP contribution in [0.1, 0.15) is 17.5 Å². The van der Waals surface area contributed by atoms with E-state index in [0.717, 1.165) is 18.4 Å². The number of aryl methyl sites for hydroxylation is 1. The third-order valence-corrected chi connectivity index (χ3v) is 3.74. The van der Waals surface area contributed by atoms with Crippen molar-refractivity contribution in [3.8, 4) is 0 Å². The number of rotatable bonds is 0. The predicted octanol–water partition coefficient (Wildman–Crippen LogP) is 1.46. The first-order chi connectivity index (χ1) is 7.66. The fourth-order valence-corrected chi connectivity index (χ4v) is 2.84. The van der Waals surface area contributed by atoms with Crippen LogP contribution in [0.2, 0.25) is 0 Å². The molecule has 0 bridgehead atoms. The van der Waals surface area contributed by atoms with E-state index in [1.807, 2.05) is 18.2 Å². The SMILES string of the molecule is CN1C(=O)NC(=N)C12CCc1ccccc12. The second-order valence-electron chi connectivity index (χ2n) is 4.38. The van der Waals surface area contributed by atoms with Gasteiger partial charge in [-0.05, 0) is 24.0 Å². The Morgan fingerprint density at radius 1 is 1.44 bits per heavy atom. The van der Waals surface area contributed by atoms with Gasteiger partial charge in [-0.15, -0.1) is 0 Å². The van der Waals surface area contributed by atoms with Crippen molar-refractivity contribution in [1.82, 2.24) is 10.2 Å². The van der Waals surface area contributed by atoms with Crippen LogP contribution in [0.3, 0.4) is 0 Å². The number of benzene rings is 1. The maximum atomic E-state index is 11.6. The quantitative estimate of drug-likeness (QED) is 0.676.